The fraction of sp³-hybridized carbons (Fsp3) is 0.200. The number of benzene rings is 1. The molecule has 4 nitrogen and oxygen atoms in total. The van der Waals surface area contributed by atoms with E-state index in [0.717, 1.165) is 0 Å². The summed E-state index contributed by atoms with van der Waals surface area (Å²) in [6, 6.07) is 4.89. The SMILES string of the molecule is O=C(O)C1CN(c2cccc(Cl)c2Cl)C1=O. The van der Waals surface area contributed by atoms with Crippen LogP contribution in [0.4, 0.5) is 5.69 Å². The quantitative estimate of drug-likeness (QED) is 0.653. The fourth-order valence-electron chi connectivity index (χ4n) is 1.53. The van der Waals surface area contributed by atoms with Crippen molar-refractivity contribution in [3.8, 4) is 0 Å². The van der Waals surface area contributed by atoms with Gasteiger partial charge < -0.3 is 10.0 Å². The van der Waals surface area contributed by atoms with E-state index >= 15 is 0 Å². The van der Waals surface area contributed by atoms with Gasteiger partial charge in [0.05, 0.1) is 15.7 Å². The van der Waals surface area contributed by atoms with E-state index in [0.29, 0.717) is 10.7 Å². The van der Waals surface area contributed by atoms with Crippen LogP contribution in [0, 0.1) is 5.92 Å². The molecule has 1 atom stereocenters. The Kier molecular flexibility index (Phi) is 2.78. The first kappa shape index (κ1) is 11.2. The maximum atomic E-state index is 11.5. The second-order valence-electron chi connectivity index (χ2n) is 3.41. The van der Waals surface area contributed by atoms with Gasteiger partial charge in [0, 0.05) is 6.54 Å². The first-order valence-corrected chi connectivity index (χ1v) is 5.26. The number of carboxylic acid groups (broad SMARTS) is 1. The number of rotatable bonds is 2. The molecule has 84 valence electrons. The van der Waals surface area contributed by atoms with E-state index in [1.807, 2.05) is 0 Å². The highest BCUT2D eigenvalue weighted by Crippen LogP contribution is 2.36. The minimum atomic E-state index is -1.11. The molecule has 16 heavy (non-hydrogen) atoms. The maximum Gasteiger partial charge on any atom is 0.317 e. The van der Waals surface area contributed by atoms with Crippen molar-refractivity contribution in [2.45, 2.75) is 0 Å². The van der Waals surface area contributed by atoms with Gasteiger partial charge in [0.25, 0.3) is 0 Å². The molecule has 6 heteroatoms. The lowest BCUT2D eigenvalue weighted by atomic mass is 9.98. The van der Waals surface area contributed by atoms with Crippen molar-refractivity contribution in [3.63, 3.8) is 0 Å². The molecule has 1 unspecified atom stereocenters. The molecule has 0 radical (unpaired) electrons. The predicted octanol–water partition coefficient (Wildman–Crippen LogP) is 2.04. The molecule has 0 aromatic heterocycles. The van der Waals surface area contributed by atoms with E-state index in [9.17, 15) is 9.59 Å². The van der Waals surface area contributed by atoms with Crippen molar-refractivity contribution in [2.24, 2.45) is 5.92 Å². The van der Waals surface area contributed by atoms with Gasteiger partial charge in [-0.3, -0.25) is 9.59 Å². The number of hydrogen-bond donors (Lipinski definition) is 1. The molecule has 1 aliphatic rings. The zero-order valence-corrected chi connectivity index (χ0v) is 9.50. The van der Waals surface area contributed by atoms with E-state index in [-0.39, 0.29) is 11.6 Å². The van der Waals surface area contributed by atoms with Gasteiger partial charge in [0.1, 0.15) is 0 Å². The van der Waals surface area contributed by atoms with Crippen molar-refractivity contribution in [1.82, 2.24) is 0 Å². The number of amides is 1. The molecule has 0 saturated carbocycles. The summed E-state index contributed by atoms with van der Waals surface area (Å²) in [6.07, 6.45) is 0. The fourth-order valence-corrected chi connectivity index (χ4v) is 1.93. The minimum absolute atomic E-state index is 0.133. The van der Waals surface area contributed by atoms with Gasteiger partial charge in [0.15, 0.2) is 5.92 Å². The van der Waals surface area contributed by atoms with Crippen molar-refractivity contribution >= 4 is 40.8 Å². The number of hydrogen-bond acceptors (Lipinski definition) is 2. The Bertz CT molecular complexity index is 475. The van der Waals surface area contributed by atoms with Gasteiger partial charge in [-0.05, 0) is 12.1 Å². The number of nitrogens with zero attached hydrogens (tertiary/aromatic N) is 1. The molecule has 1 fully saturated rings. The molecule has 0 bridgehead atoms. The standard InChI is InChI=1S/C10H7Cl2NO3/c11-6-2-1-3-7(8(6)12)13-4-5(9(13)14)10(15)16/h1-3,5H,4H2,(H,15,16). The van der Waals surface area contributed by atoms with Gasteiger partial charge >= 0.3 is 5.97 Å². The Labute approximate surface area is 101 Å². The van der Waals surface area contributed by atoms with Crippen molar-refractivity contribution < 1.29 is 14.7 Å². The van der Waals surface area contributed by atoms with Gasteiger partial charge in [-0.25, -0.2) is 0 Å². The average molecular weight is 260 g/mol. The first-order chi connectivity index (χ1) is 7.52. The van der Waals surface area contributed by atoms with Gasteiger partial charge in [-0.15, -0.1) is 0 Å². The summed E-state index contributed by atoms with van der Waals surface area (Å²) in [4.78, 5) is 23.4. The Hall–Kier alpha value is -1.26. The second-order valence-corrected chi connectivity index (χ2v) is 4.20. The Balaban J connectivity index is 2.26. The van der Waals surface area contributed by atoms with Gasteiger partial charge in [-0.2, -0.15) is 0 Å². The summed E-state index contributed by atoms with van der Waals surface area (Å²) in [5.41, 5.74) is 0.455. The van der Waals surface area contributed by atoms with Crippen LogP contribution in [0.2, 0.25) is 10.0 Å². The summed E-state index contributed by atoms with van der Waals surface area (Å²) in [5, 5.41) is 9.29. The largest absolute Gasteiger partial charge is 0.481 e. The predicted molar refractivity (Wildman–Crippen MR) is 59.9 cm³/mol. The van der Waals surface area contributed by atoms with Crippen molar-refractivity contribution in [2.75, 3.05) is 11.4 Å². The number of carbonyl (C=O) groups is 2. The third kappa shape index (κ3) is 1.64. The van der Waals surface area contributed by atoms with Crippen molar-refractivity contribution in [1.29, 1.82) is 0 Å². The highest BCUT2D eigenvalue weighted by atomic mass is 35.5. The molecule has 0 spiro atoms. The normalized spacial score (nSPS) is 19.5. The van der Waals surface area contributed by atoms with E-state index in [1.165, 1.54) is 4.90 Å². The zero-order valence-electron chi connectivity index (χ0n) is 7.98. The molecular weight excluding hydrogens is 253 g/mol. The van der Waals surface area contributed by atoms with Crippen LogP contribution in [-0.4, -0.2) is 23.5 Å². The highest BCUT2D eigenvalue weighted by Gasteiger charge is 2.43. The van der Waals surface area contributed by atoms with Crippen LogP contribution in [0.3, 0.4) is 0 Å². The number of halogens is 2. The molecule has 1 aromatic rings. The molecule has 1 aliphatic heterocycles. The van der Waals surface area contributed by atoms with E-state index in [4.69, 9.17) is 28.3 Å². The molecule has 1 saturated heterocycles. The van der Waals surface area contributed by atoms with E-state index in [1.54, 1.807) is 18.2 Å². The molecule has 1 aromatic carbocycles. The minimum Gasteiger partial charge on any atom is -0.481 e. The van der Waals surface area contributed by atoms with E-state index in [2.05, 4.69) is 0 Å². The Morgan fingerprint density at radius 3 is 2.69 bits per heavy atom. The third-order valence-electron chi connectivity index (χ3n) is 2.45. The van der Waals surface area contributed by atoms with Crippen LogP contribution in [0.15, 0.2) is 18.2 Å². The number of carbonyl (C=O) groups excluding carboxylic acids is 1. The topological polar surface area (TPSA) is 57.6 Å². The van der Waals surface area contributed by atoms with Gasteiger partial charge in [-0.1, -0.05) is 29.3 Å². The summed E-state index contributed by atoms with van der Waals surface area (Å²) in [7, 11) is 0. The number of β-lactam (4-membered cyclic amide) rings is 1. The third-order valence-corrected chi connectivity index (χ3v) is 3.26. The summed E-state index contributed by atoms with van der Waals surface area (Å²) < 4.78 is 0. The molecule has 0 aliphatic carbocycles. The van der Waals surface area contributed by atoms with Crippen molar-refractivity contribution in [3.05, 3.63) is 28.2 Å². The van der Waals surface area contributed by atoms with Crippen LogP contribution in [0.25, 0.3) is 0 Å². The lowest BCUT2D eigenvalue weighted by molar-refractivity contribution is -0.149. The molecule has 1 N–H and O–H groups in total. The monoisotopic (exact) mass is 259 g/mol. The van der Waals surface area contributed by atoms with Gasteiger partial charge in [0.2, 0.25) is 5.91 Å². The smallest absolute Gasteiger partial charge is 0.317 e. The van der Waals surface area contributed by atoms with Crippen LogP contribution < -0.4 is 4.90 Å². The van der Waals surface area contributed by atoms with Crippen LogP contribution in [0.1, 0.15) is 0 Å². The maximum absolute atomic E-state index is 11.5. The summed E-state index contributed by atoms with van der Waals surface area (Å²) >= 11 is 11.7. The molecule has 1 amide bonds. The summed E-state index contributed by atoms with van der Waals surface area (Å²) in [5.74, 6) is -2.54. The second kappa shape index (κ2) is 3.96. The van der Waals surface area contributed by atoms with E-state index < -0.39 is 17.8 Å². The lowest BCUT2D eigenvalue weighted by Gasteiger charge is -2.36. The first-order valence-electron chi connectivity index (χ1n) is 4.50. The zero-order chi connectivity index (χ0) is 11.9. The average Bonchev–Trinajstić information content (AvgIpc) is 2.22. The number of aliphatic carboxylic acids is 1. The molecular formula is C10H7Cl2NO3. The highest BCUT2D eigenvalue weighted by molar-refractivity contribution is 6.44. The van der Waals surface area contributed by atoms with Crippen LogP contribution in [0.5, 0.6) is 0 Å². The molecule has 2 rings (SSSR count). The number of anilines is 1. The summed E-state index contributed by atoms with van der Waals surface area (Å²) in [6.45, 7) is 0.133. The number of carboxylic acids is 1. The lowest BCUT2D eigenvalue weighted by Crippen LogP contribution is -2.56. The Morgan fingerprint density at radius 1 is 1.44 bits per heavy atom. The van der Waals surface area contributed by atoms with Crippen LogP contribution in [-0.2, 0) is 9.59 Å². The molecule has 1 heterocycles. The Morgan fingerprint density at radius 2 is 2.12 bits per heavy atom. The van der Waals surface area contributed by atoms with Crippen LogP contribution >= 0.6 is 23.2 Å².